The number of hydrogen-bond acceptors (Lipinski definition) is 2. The predicted molar refractivity (Wildman–Crippen MR) is 84.2 cm³/mol. The Balaban J connectivity index is 2.13. The predicted octanol–water partition coefficient (Wildman–Crippen LogP) is 3.49. The molecule has 1 heterocycles. The lowest BCUT2D eigenvalue weighted by atomic mass is 10.0. The molecule has 0 bridgehead atoms. The van der Waals surface area contributed by atoms with Crippen molar-refractivity contribution in [1.29, 1.82) is 0 Å². The molecule has 0 unspecified atom stereocenters. The fourth-order valence-corrected chi connectivity index (χ4v) is 2.70. The molecule has 0 aromatic heterocycles. The van der Waals surface area contributed by atoms with Crippen molar-refractivity contribution in [3.05, 3.63) is 35.6 Å². The van der Waals surface area contributed by atoms with Crippen molar-refractivity contribution in [2.45, 2.75) is 45.2 Å². The number of unbranched alkanes of at least 4 members (excludes halogenated alkanes) is 2. The minimum absolute atomic E-state index is 0.120. The largest absolute Gasteiger partial charge is 0.377 e. The minimum Gasteiger partial charge on any atom is -0.377 e. The molecule has 122 valence electrons. The third-order valence-electron chi connectivity index (χ3n) is 3.93. The number of morpholine rings is 1. The number of urea groups is 1. The van der Waals surface area contributed by atoms with Gasteiger partial charge in [-0.3, -0.25) is 0 Å². The van der Waals surface area contributed by atoms with Gasteiger partial charge >= 0.3 is 6.03 Å². The molecule has 1 aliphatic heterocycles. The Labute approximate surface area is 133 Å². The Kier molecular flexibility index (Phi) is 5.65. The van der Waals surface area contributed by atoms with Crippen molar-refractivity contribution < 1.29 is 15.3 Å². The highest BCUT2D eigenvalue weighted by Crippen LogP contribution is 2.27. The Morgan fingerprint density at radius 2 is 2.14 bits per heavy atom. The Hall–Kier alpha value is -1.62. The molecule has 1 saturated heterocycles. The average Bonchev–Trinajstić information content (AvgIpc) is 2.55. The molecule has 1 aromatic rings. The second-order valence-corrected chi connectivity index (χ2v) is 5.73. The summed E-state index contributed by atoms with van der Waals surface area (Å²) in [5, 5.41) is 1.04. The molecule has 2 atom stereocenters. The van der Waals surface area contributed by atoms with Crippen molar-refractivity contribution in [2.75, 3.05) is 19.8 Å². The smallest absolute Gasteiger partial charge is 0.318 e. The number of nitrogens with zero attached hydrogens (tertiary/aromatic N) is 1. The monoisotopic (exact) mass is 309 g/mol. The second-order valence-electron chi connectivity index (χ2n) is 5.73. The van der Waals surface area contributed by atoms with Crippen molar-refractivity contribution in [1.82, 2.24) is 10.2 Å². The lowest BCUT2D eigenvalue weighted by Crippen LogP contribution is -2.53. The summed E-state index contributed by atoms with van der Waals surface area (Å²) >= 11 is 0. The summed E-state index contributed by atoms with van der Waals surface area (Å²) in [7, 11) is 0. The molecule has 0 spiro atoms. The molecule has 1 aromatic carbocycles. The fraction of sp³-hybridized carbons (Fsp3) is 0.588. The van der Waals surface area contributed by atoms with Gasteiger partial charge in [-0.15, -0.1) is 0 Å². The number of ether oxygens (including phenoxy) is 1. The highest BCUT2D eigenvalue weighted by Gasteiger charge is 2.33. The summed E-state index contributed by atoms with van der Waals surface area (Å²) in [6.07, 6.45) is 2.88. The van der Waals surface area contributed by atoms with Crippen LogP contribution < -0.4 is 5.31 Å². The molecule has 1 N–H and O–H groups in total. The van der Waals surface area contributed by atoms with Gasteiger partial charge in [0.2, 0.25) is 0 Å². The summed E-state index contributed by atoms with van der Waals surface area (Å²) < 4.78 is 26.7. The van der Waals surface area contributed by atoms with Crippen LogP contribution in [0, 0.1) is 5.82 Å². The van der Waals surface area contributed by atoms with Crippen LogP contribution in [-0.4, -0.2) is 36.7 Å². The molecular formula is C17H25FN2O2. The number of carbonyl (C=O) groups excluding carboxylic acids is 1. The van der Waals surface area contributed by atoms with E-state index in [4.69, 9.17) is 6.15 Å². The first kappa shape index (κ1) is 15.3. The first-order chi connectivity index (χ1) is 11.0. The van der Waals surface area contributed by atoms with E-state index in [-0.39, 0.29) is 23.9 Å². The molecule has 0 saturated carbocycles. The number of halogens is 1. The first-order valence-corrected chi connectivity index (χ1v) is 7.96. The maximum Gasteiger partial charge on any atom is 0.318 e. The molecule has 2 amide bonds. The zero-order chi connectivity index (χ0) is 16.8. The SMILES string of the molecule is [2H]N(CCCCC)C(=O)N1[C@@H](C)COC[C@H]1c1ccc(F)cc1. The summed E-state index contributed by atoms with van der Waals surface area (Å²) in [4.78, 5) is 14.4. The van der Waals surface area contributed by atoms with Gasteiger partial charge in [-0.2, -0.15) is 0 Å². The molecule has 5 heteroatoms. The lowest BCUT2D eigenvalue weighted by molar-refractivity contribution is -0.0214. The summed E-state index contributed by atoms with van der Waals surface area (Å²) in [6, 6.07) is 5.40. The molecule has 0 aliphatic carbocycles. The van der Waals surface area contributed by atoms with E-state index < -0.39 is 0 Å². The van der Waals surface area contributed by atoms with Crippen LogP contribution in [0.25, 0.3) is 0 Å². The fourth-order valence-electron chi connectivity index (χ4n) is 2.70. The Bertz CT molecular complexity index is 512. The maximum absolute atomic E-state index is 13.1. The van der Waals surface area contributed by atoms with Gasteiger partial charge in [0.25, 0.3) is 0 Å². The zero-order valence-electron chi connectivity index (χ0n) is 14.3. The maximum atomic E-state index is 13.1. The highest BCUT2D eigenvalue weighted by molar-refractivity contribution is 5.75. The quantitative estimate of drug-likeness (QED) is 0.846. The Morgan fingerprint density at radius 3 is 2.82 bits per heavy atom. The Morgan fingerprint density at radius 1 is 1.41 bits per heavy atom. The molecule has 2 rings (SSSR count). The van der Waals surface area contributed by atoms with Crippen molar-refractivity contribution in [3.63, 3.8) is 0 Å². The topological polar surface area (TPSA) is 41.6 Å². The van der Waals surface area contributed by atoms with E-state index in [0.717, 1.165) is 30.1 Å². The summed E-state index contributed by atoms with van der Waals surface area (Å²) in [5.41, 5.74) is 0.827. The highest BCUT2D eigenvalue weighted by atomic mass is 19.1. The van der Waals surface area contributed by atoms with Gasteiger partial charge in [0.1, 0.15) is 5.82 Å². The van der Waals surface area contributed by atoms with Crippen LogP contribution in [0.1, 0.15) is 44.7 Å². The molecule has 0 radical (unpaired) electrons. The molecular weight excluding hydrogens is 283 g/mol. The van der Waals surface area contributed by atoms with Gasteiger partial charge in [-0.05, 0) is 31.0 Å². The van der Waals surface area contributed by atoms with E-state index in [2.05, 4.69) is 6.92 Å². The third kappa shape index (κ3) is 4.19. The lowest BCUT2D eigenvalue weighted by Gasteiger charge is -2.40. The summed E-state index contributed by atoms with van der Waals surface area (Å²) in [5.74, 6) is -0.307. The van der Waals surface area contributed by atoms with Crippen LogP contribution in [0.15, 0.2) is 24.3 Å². The first-order valence-electron chi connectivity index (χ1n) is 8.41. The second kappa shape index (κ2) is 8.13. The van der Waals surface area contributed by atoms with Crippen LogP contribution in [-0.2, 0) is 4.74 Å². The van der Waals surface area contributed by atoms with Gasteiger partial charge in [0, 0.05) is 6.54 Å². The molecule has 1 aliphatic rings. The van der Waals surface area contributed by atoms with Gasteiger partial charge < -0.3 is 14.9 Å². The number of rotatable bonds is 5. The van der Waals surface area contributed by atoms with Crippen molar-refractivity contribution in [3.8, 4) is 0 Å². The van der Waals surface area contributed by atoms with Crippen molar-refractivity contribution in [2.24, 2.45) is 0 Å². The number of benzene rings is 1. The van der Waals surface area contributed by atoms with E-state index >= 15 is 0 Å². The molecule has 1 fully saturated rings. The molecule has 22 heavy (non-hydrogen) atoms. The van der Waals surface area contributed by atoms with Gasteiger partial charge in [-0.1, -0.05) is 31.9 Å². The van der Waals surface area contributed by atoms with Crippen LogP contribution in [0.4, 0.5) is 9.18 Å². The van der Waals surface area contributed by atoms with Crippen molar-refractivity contribution >= 4 is 6.03 Å². The van der Waals surface area contributed by atoms with E-state index in [1.165, 1.54) is 12.1 Å². The van der Waals surface area contributed by atoms with Crippen LogP contribution in [0.5, 0.6) is 0 Å². The average molecular weight is 309 g/mol. The minimum atomic E-state index is -0.314. The molecule has 4 nitrogen and oxygen atoms in total. The van der Waals surface area contributed by atoms with E-state index in [9.17, 15) is 9.18 Å². The van der Waals surface area contributed by atoms with Gasteiger partial charge in [0.05, 0.1) is 25.3 Å². The zero-order valence-corrected chi connectivity index (χ0v) is 13.3. The standard InChI is InChI=1S/C17H25FN2O2/c1-3-4-5-10-19-17(21)20-13(2)11-22-12-16(20)14-6-8-15(18)9-7-14/h6-9,13,16H,3-5,10-12H2,1-2H3,(H,19,21)/t13-,16-/m0/s1/i/hD. The van der Waals surface area contributed by atoms with E-state index in [1.54, 1.807) is 17.0 Å². The number of nitrogens with one attached hydrogen (secondary N) is 1. The van der Waals surface area contributed by atoms with Gasteiger partial charge in [-0.25, -0.2) is 9.18 Å². The van der Waals surface area contributed by atoms with E-state index in [1.807, 2.05) is 6.92 Å². The van der Waals surface area contributed by atoms with Crippen LogP contribution >= 0.6 is 0 Å². The third-order valence-corrected chi connectivity index (χ3v) is 3.93. The van der Waals surface area contributed by atoms with Crippen LogP contribution in [0.3, 0.4) is 0 Å². The van der Waals surface area contributed by atoms with Gasteiger partial charge in [0.15, 0.2) is 1.41 Å². The van der Waals surface area contributed by atoms with Crippen LogP contribution in [0.2, 0.25) is 1.41 Å². The number of amides is 2. The van der Waals surface area contributed by atoms with E-state index in [0.29, 0.717) is 19.8 Å². The number of hydrogen-bond donors (Lipinski definition) is 1. The number of carbonyl (C=O) groups is 1. The summed E-state index contributed by atoms with van der Waals surface area (Å²) in [6.45, 7) is 5.24. The normalized spacial score (nSPS) is 22.3.